The van der Waals surface area contributed by atoms with Crippen LogP contribution in [0.15, 0.2) is 36.5 Å². The van der Waals surface area contributed by atoms with E-state index in [0.29, 0.717) is 6.61 Å². The van der Waals surface area contributed by atoms with Crippen LogP contribution >= 0.6 is 0 Å². The molecule has 0 aliphatic carbocycles. The quantitative estimate of drug-likeness (QED) is 0.720. The maximum absolute atomic E-state index is 5.96. The zero-order chi connectivity index (χ0) is 16.5. The van der Waals surface area contributed by atoms with Gasteiger partial charge in [0, 0.05) is 25.9 Å². The largest absolute Gasteiger partial charge is 0.487 e. The fraction of sp³-hybridized carbons (Fsp3) is 0.421. The first-order valence-corrected chi connectivity index (χ1v) is 8.12. The molecule has 1 heterocycles. The van der Waals surface area contributed by atoms with Crippen molar-refractivity contribution in [3.05, 3.63) is 58.9 Å². The van der Waals surface area contributed by atoms with Crippen molar-refractivity contribution in [2.45, 2.75) is 33.9 Å². The summed E-state index contributed by atoms with van der Waals surface area (Å²) in [5, 5.41) is 3.39. The van der Waals surface area contributed by atoms with Gasteiger partial charge in [-0.15, -0.1) is 0 Å². The Morgan fingerprint density at radius 3 is 2.57 bits per heavy atom. The lowest BCUT2D eigenvalue weighted by Gasteiger charge is -2.14. The number of aryl methyl sites for hydroxylation is 2. The molecule has 0 saturated carbocycles. The van der Waals surface area contributed by atoms with Gasteiger partial charge in [0.15, 0.2) is 0 Å². The summed E-state index contributed by atoms with van der Waals surface area (Å²) in [4.78, 5) is 4.29. The summed E-state index contributed by atoms with van der Waals surface area (Å²) in [6, 6.07) is 10.2. The lowest BCUT2D eigenvalue weighted by Crippen LogP contribution is -2.19. The molecule has 0 aliphatic rings. The highest BCUT2D eigenvalue weighted by Gasteiger charge is 2.07. The Labute approximate surface area is 138 Å². The van der Waals surface area contributed by atoms with Gasteiger partial charge in [-0.05, 0) is 49.6 Å². The summed E-state index contributed by atoms with van der Waals surface area (Å²) in [6.07, 6.45) is 1.79. The minimum absolute atomic E-state index is 0.495. The maximum atomic E-state index is 5.96. The predicted octanol–water partition coefficient (Wildman–Crippen LogP) is 3.40. The third-order valence-electron chi connectivity index (χ3n) is 3.57. The molecule has 2 rings (SSSR count). The molecule has 0 saturated heterocycles. The monoisotopic (exact) mass is 314 g/mol. The Kier molecular flexibility index (Phi) is 7.04. The summed E-state index contributed by atoms with van der Waals surface area (Å²) in [7, 11) is 0. The van der Waals surface area contributed by atoms with Crippen molar-refractivity contribution in [2.75, 3.05) is 19.8 Å². The molecule has 23 heavy (non-hydrogen) atoms. The zero-order valence-electron chi connectivity index (χ0n) is 14.3. The molecule has 0 spiro atoms. The van der Waals surface area contributed by atoms with Crippen LogP contribution in [0.1, 0.15) is 29.3 Å². The van der Waals surface area contributed by atoms with Crippen LogP contribution in [0, 0.1) is 13.8 Å². The van der Waals surface area contributed by atoms with Crippen molar-refractivity contribution in [3.63, 3.8) is 0 Å². The molecule has 0 fully saturated rings. The first-order valence-electron chi connectivity index (χ1n) is 8.12. The van der Waals surface area contributed by atoms with Crippen LogP contribution in [0.25, 0.3) is 0 Å². The number of aromatic nitrogens is 1. The molecule has 2 aromatic rings. The second-order valence-electron chi connectivity index (χ2n) is 5.54. The lowest BCUT2D eigenvalue weighted by molar-refractivity contribution is 0.149. The third-order valence-corrected chi connectivity index (χ3v) is 3.57. The second-order valence-corrected chi connectivity index (χ2v) is 5.54. The molecule has 0 atom stereocenters. The molecule has 4 heteroatoms. The minimum atomic E-state index is 0.495. The van der Waals surface area contributed by atoms with Gasteiger partial charge in [-0.3, -0.25) is 4.98 Å². The number of hydrogen-bond acceptors (Lipinski definition) is 4. The number of nitrogens with zero attached hydrogens (tertiary/aromatic N) is 1. The highest BCUT2D eigenvalue weighted by atomic mass is 16.5. The van der Waals surface area contributed by atoms with Crippen molar-refractivity contribution in [1.29, 1.82) is 0 Å². The molecular weight excluding hydrogens is 288 g/mol. The summed E-state index contributed by atoms with van der Waals surface area (Å²) < 4.78 is 11.3. The molecule has 1 aromatic carbocycles. The van der Waals surface area contributed by atoms with Crippen molar-refractivity contribution >= 4 is 0 Å². The van der Waals surface area contributed by atoms with Gasteiger partial charge in [-0.2, -0.15) is 0 Å². The van der Waals surface area contributed by atoms with E-state index < -0.39 is 0 Å². The van der Waals surface area contributed by atoms with Gasteiger partial charge in [0.2, 0.25) is 0 Å². The highest BCUT2D eigenvalue weighted by Crippen LogP contribution is 2.25. The van der Waals surface area contributed by atoms with E-state index in [9.17, 15) is 0 Å². The van der Waals surface area contributed by atoms with Gasteiger partial charge in [0.25, 0.3) is 0 Å². The summed E-state index contributed by atoms with van der Waals surface area (Å²) in [6.45, 7) is 9.90. The maximum Gasteiger partial charge on any atom is 0.130 e. The van der Waals surface area contributed by atoms with Crippen molar-refractivity contribution in [1.82, 2.24) is 10.3 Å². The van der Waals surface area contributed by atoms with E-state index in [1.54, 1.807) is 6.20 Å². The van der Waals surface area contributed by atoms with Crippen molar-refractivity contribution in [2.24, 2.45) is 0 Å². The van der Waals surface area contributed by atoms with Gasteiger partial charge in [-0.1, -0.05) is 18.2 Å². The summed E-state index contributed by atoms with van der Waals surface area (Å²) >= 11 is 0. The van der Waals surface area contributed by atoms with Crippen LogP contribution in [0.4, 0.5) is 0 Å². The topological polar surface area (TPSA) is 43.4 Å². The second kappa shape index (κ2) is 9.28. The van der Waals surface area contributed by atoms with Gasteiger partial charge in [0.1, 0.15) is 12.4 Å². The van der Waals surface area contributed by atoms with Crippen molar-refractivity contribution in [3.8, 4) is 5.75 Å². The number of ether oxygens (including phenoxy) is 2. The Hall–Kier alpha value is -1.91. The first-order chi connectivity index (χ1) is 11.2. The molecule has 0 bridgehead atoms. The normalized spacial score (nSPS) is 10.7. The number of pyridine rings is 1. The van der Waals surface area contributed by atoms with Crippen molar-refractivity contribution < 1.29 is 9.47 Å². The van der Waals surface area contributed by atoms with Gasteiger partial charge in [0.05, 0.1) is 12.3 Å². The standard InChI is InChI=1S/C19H26N2O2/c1-4-22-10-9-20-13-17-11-15(2)19(16(3)12-17)23-14-18-7-5-6-8-21-18/h5-8,11-12,20H,4,9-10,13-14H2,1-3H3. The smallest absolute Gasteiger partial charge is 0.130 e. The zero-order valence-corrected chi connectivity index (χ0v) is 14.3. The fourth-order valence-corrected chi connectivity index (χ4v) is 2.52. The third kappa shape index (κ3) is 5.66. The number of rotatable bonds is 9. The first kappa shape index (κ1) is 17.4. The van der Waals surface area contributed by atoms with E-state index in [-0.39, 0.29) is 0 Å². The summed E-state index contributed by atoms with van der Waals surface area (Å²) in [5.74, 6) is 0.953. The average molecular weight is 314 g/mol. The molecule has 0 aliphatic heterocycles. The summed E-state index contributed by atoms with van der Waals surface area (Å²) in [5.41, 5.74) is 4.51. The van der Waals surface area contributed by atoms with Crippen LogP contribution in [0.2, 0.25) is 0 Å². The van der Waals surface area contributed by atoms with Crippen LogP contribution in [-0.4, -0.2) is 24.7 Å². The molecule has 124 valence electrons. The van der Waals surface area contributed by atoms with Gasteiger partial charge >= 0.3 is 0 Å². The minimum Gasteiger partial charge on any atom is -0.487 e. The Morgan fingerprint density at radius 1 is 1.13 bits per heavy atom. The lowest BCUT2D eigenvalue weighted by atomic mass is 10.1. The molecule has 1 aromatic heterocycles. The van der Waals surface area contributed by atoms with Gasteiger partial charge < -0.3 is 14.8 Å². The Balaban J connectivity index is 1.91. The molecule has 1 N–H and O–H groups in total. The van der Waals surface area contributed by atoms with E-state index >= 15 is 0 Å². The highest BCUT2D eigenvalue weighted by molar-refractivity contribution is 5.43. The fourth-order valence-electron chi connectivity index (χ4n) is 2.52. The van der Waals surface area contributed by atoms with Crippen LogP contribution in [0.5, 0.6) is 5.75 Å². The van der Waals surface area contributed by atoms with Crippen LogP contribution in [-0.2, 0) is 17.9 Å². The van der Waals surface area contributed by atoms with E-state index in [4.69, 9.17) is 9.47 Å². The molecule has 4 nitrogen and oxygen atoms in total. The molecule has 0 radical (unpaired) electrons. The SMILES string of the molecule is CCOCCNCc1cc(C)c(OCc2ccccn2)c(C)c1. The number of benzene rings is 1. The predicted molar refractivity (Wildman–Crippen MR) is 92.7 cm³/mol. The average Bonchev–Trinajstić information content (AvgIpc) is 2.55. The molecule has 0 unspecified atom stereocenters. The molecule has 0 amide bonds. The Morgan fingerprint density at radius 2 is 1.91 bits per heavy atom. The number of hydrogen-bond donors (Lipinski definition) is 1. The molecular formula is C19H26N2O2. The number of nitrogens with one attached hydrogen (secondary N) is 1. The van der Waals surface area contributed by atoms with E-state index in [1.165, 1.54) is 5.56 Å². The van der Waals surface area contributed by atoms with Gasteiger partial charge in [-0.25, -0.2) is 0 Å². The van der Waals surface area contributed by atoms with Crippen LogP contribution in [0.3, 0.4) is 0 Å². The van der Waals surface area contributed by atoms with E-state index in [0.717, 1.165) is 48.9 Å². The van der Waals surface area contributed by atoms with Crippen LogP contribution < -0.4 is 10.1 Å². The Bertz CT molecular complexity index is 577. The van der Waals surface area contributed by atoms with E-state index in [1.807, 2.05) is 25.1 Å². The van der Waals surface area contributed by atoms with E-state index in [2.05, 4.69) is 36.3 Å².